The smallest absolute Gasteiger partial charge is 0.257 e. The molecule has 0 aromatic heterocycles. The van der Waals surface area contributed by atoms with Gasteiger partial charge in [0.15, 0.2) is 0 Å². The van der Waals surface area contributed by atoms with E-state index in [1.807, 2.05) is 19.1 Å². The van der Waals surface area contributed by atoms with E-state index in [2.05, 4.69) is 5.32 Å². The van der Waals surface area contributed by atoms with Crippen molar-refractivity contribution < 1.29 is 9.53 Å². The molecule has 1 N–H and O–H groups in total. The number of ether oxygens (including phenoxy) is 1. The fourth-order valence-corrected chi connectivity index (χ4v) is 2.09. The first kappa shape index (κ1) is 14.7. The van der Waals surface area contributed by atoms with Gasteiger partial charge in [-0.2, -0.15) is 0 Å². The second kappa shape index (κ2) is 6.64. The fourth-order valence-electron chi connectivity index (χ4n) is 1.71. The molecule has 20 heavy (non-hydrogen) atoms. The topological polar surface area (TPSA) is 38.3 Å². The lowest BCUT2D eigenvalue weighted by Crippen LogP contribution is -2.13. The Balaban J connectivity index is 2.26. The van der Waals surface area contributed by atoms with Crippen molar-refractivity contribution in [3.8, 4) is 5.75 Å². The quantitative estimate of drug-likeness (QED) is 0.893. The van der Waals surface area contributed by atoms with E-state index >= 15 is 0 Å². The van der Waals surface area contributed by atoms with Gasteiger partial charge < -0.3 is 10.1 Å². The Labute approximate surface area is 127 Å². The SMILES string of the molecule is CCOc1ccccc1NC(=O)c1cc(Cl)ccc1Cl. The molecule has 0 bridgehead atoms. The third-order valence-corrected chi connectivity index (χ3v) is 3.17. The molecule has 5 heteroatoms. The van der Waals surface area contributed by atoms with Gasteiger partial charge in [0.1, 0.15) is 5.75 Å². The van der Waals surface area contributed by atoms with Gasteiger partial charge in [0.05, 0.1) is 22.9 Å². The molecule has 0 unspecified atom stereocenters. The fraction of sp³-hybridized carbons (Fsp3) is 0.133. The molecule has 0 spiro atoms. The van der Waals surface area contributed by atoms with Gasteiger partial charge in [-0.05, 0) is 37.3 Å². The summed E-state index contributed by atoms with van der Waals surface area (Å²) >= 11 is 11.9. The van der Waals surface area contributed by atoms with E-state index in [1.54, 1.807) is 24.3 Å². The standard InChI is InChI=1S/C15H13Cl2NO2/c1-2-20-14-6-4-3-5-13(14)18-15(19)11-9-10(16)7-8-12(11)17/h3-9H,2H2,1H3,(H,18,19). The maximum atomic E-state index is 12.2. The van der Waals surface area contributed by atoms with E-state index in [0.717, 1.165) is 0 Å². The summed E-state index contributed by atoms with van der Waals surface area (Å²) in [6.45, 7) is 2.40. The lowest BCUT2D eigenvalue weighted by Gasteiger charge is -2.12. The Morgan fingerprint density at radius 3 is 2.70 bits per heavy atom. The van der Waals surface area contributed by atoms with Crippen LogP contribution in [0.2, 0.25) is 10.0 Å². The Kier molecular flexibility index (Phi) is 4.88. The first-order chi connectivity index (χ1) is 9.61. The third kappa shape index (κ3) is 3.44. The van der Waals surface area contributed by atoms with Crippen LogP contribution in [0.15, 0.2) is 42.5 Å². The van der Waals surface area contributed by atoms with Gasteiger partial charge in [0, 0.05) is 5.02 Å². The number of hydrogen-bond acceptors (Lipinski definition) is 2. The van der Waals surface area contributed by atoms with Gasteiger partial charge in [-0.3, -0.25) is 4.79 Å². The first-order valence-electron chi connectivity index (χ1n) is 6.10. The molecule has 3 nitrogen and oxygen atoms in total. The van der Waals surface area contributed by atoms with Gasteiger partial charge in [0.25, 0.3) is 5.91 Å². The van der Waals surface area contributed by atoms with Gasteiger partial charge in [-0.25, -0.2) is 0 Å². The largest absolute Gasteiger partial charge is 0.492 e. The molecule has 0 atom stereocenters. The molecule has 0 aliphatic rings. The molecule has 2 aromatic carbocycles. The number of halogens is 2. The summed E-state index contributed by atoms with van der Waals surface area (Å²) in [5.41, 5.74) is 0.917. The second-order valence-corrected chi connectivity index (χ2v) is 4.85. The van der Waals surface area contributed by atoms with Gasteiger partial charge in [0.2, 0.25) is 0 Å². The molecule has 0 aliphatic carbocycles. The number of benzene rings is 2. The molecule has 1 amide bonds. The molecular weight excluding hydrogens is 297 g/mol. The average molecular weight is 310 g/mol. The van der Waals surface area contributed by atoms with Gasteiger partial charge in [-0.15, -0.1) is 0 Å². The van der Waals surface area contributed by atoms with E-state index in [0.29, 0.717) is 33.7 Å². The summed E-state index contributed by atoms with van der Waals surface area (Å²) < 4.78 is 5.45. The maximum absolute atomic E-state index is 12.2. The zero-order valence-electron chi connectivity index (χ0n) is 10.8. The molecule has 0 fully saturated rings. The Bertz CT molecular complexity index is 629. The molecule has 104 valence electrons. The van der Waals surface area contributed by atoms with E-state index in [-0.39, 0.29) is 5.91 Å². The van der Waals surface area contributed by atoms with Crippen LogP contribution < -0.4 is 10.1 Å². The Morgan fingerprint density at radius 2 is 1.95 bits per heavy atom. The number of carbonyl (C=O) groups excluding carboxylic acids is 1. The van der Waals surface area contributed by atoms with Crippen LogP contribution in [0.4, 0.5) is 5.69 Å². The van der Waals surface area contributed by atoms with Gasteiger partial charge in [-0.1, -0.05) is 35.3 Å². The summed E-state index contributed by atoms with van der Waals surface area (Å²) in [6, 6.07) is 12.0. The van der Waals surface area contributed by atoms with Crippen LogP contribution in [0.3, 0.4) is 0 Å². The summed E-state index contributed by atoms with van der Waals surface area (Å²) in [7, 11) is 0. The number of amides is 1. The second-order valence-electron chi connectivity index (χ2n) is 4.01. The lowest BCUT2D eigenvalue weighted by molar-refractivity contribution is 0.102. The zero-order chi connectivity index (χ0) is 14.5. The van der Waals surface area contributed by atoms with Crippen LogP contribution in [0, 0.1) is 0 Å². The molecule has 2 aromatic rings. The third-order valence-electron chi connectivity index (χ3n) is 2.61. The van der Waals surface area contributed by atoms with Crippen LogP contribution >= 0.6 is 23.2 Å². The molecule has 0 saturated heterocycles. The Morgan fingerprint density at radius 1 is 1.20 bits per heavy atom. The molecule has 2 rings (SSSR count). The summed E-state index contributed by atoms with van der Waals surface area (Å²) in [6.07, 6.45) is 0. The van der Waals surface area contributed by atoms with Crippen LogP contribution in [0.25, 0.3) is 0 Å². The highest BCUT2D eigenvalue weighted by Gasteiger charge is 2.13. The van der Waals surface area contributed by atoms with Crippen molar-refractivity contribution in [1.29, 1.82) is 0 Å². The highest BCUT2D eigenvalue weighted by atomic mass is 35.5. The molecule has 0 radical (unpaired) electrons. The predicted octanol–water partition coefficient (Wildman–Crippen LogP) is 4.64. The van der Waals surface area contributed by atoms with Crippen LogP contribution in [-0.2, 0) is 0 Å². The molecular formula is C15H13Cl2NO2. The molecule has 0 aliphatic heterocycles. The highest BCUT2D eigenvalue weighted by molar-refractivity contribution is 6.36. The van der Waals surface area contributed by atoms with Crippen molar-refractivity contribution in [1.82, 2.24) is 0 Å². The number of hydrogen-bond donors (Lipinski definition) is 1. The minimum Gasteiger partial charge on any atom is -0.492 e. The normalized spacial score (nSPS) is 10.2. The predicted molar refractivity (Wildman–Crippen MR) is 82.0 cm³/mol. The molecule has 0 saturated carbocycles. The van der Waals surface area contributed by atoms with E-state index in [9.17, 15) is 4.79 Å². The van der Waals surface area contributed by atoms with Crippen molar-refractivity contribution in [2.75, 3.05) is 11.9 Å². The van der Waals surface area contributed by atoms with Crippen molar-refractivity contribution in [2.24, 2.45) is 0 Å². The average Bonchev–Trinajstić information content (AvgIpc) is 2.44. The number of carbonyl (C=O) groups is 1. The summed E-state index contributed by atoms with van der Waals surface area (Å²) in [5, 5.41) is 3.58. The minimum absolute atomic E-state index is 0.325. The van der Waals surface area contributed by atoms with Gasteiger partial charge >= 0.3 is 0 Å². The number of para-hydroxylation sites is 2. The number of nitrogens with one attached hydrogen (secondary N) is 1. The Hall–Kier alpha value is -1.71. The van der Waals surface area contributed by atoms with E-state index in [4.69, 9.17) is 27.9 Å². The highest BCUT2D eigenvalue weighted by Crippen LogP contribution is 2.26. The van der Waals surface area contributed by atoms with Crippen molar-refractivity contribution in [2.45, 2.75) is 6.92 Å². The van der Waals surface area contributed by atoms with Crippen LogP contribution in [-0.4, -0.2) is 12.5 Å². The monoisotopic (exact) mass is 309 g/mol. The number of anilines is 1. The van der Waals surface area contributed by atoms with Crippen molar-refractivity contribution in [3.05, 3.63) is 58.1 Å². The lowest BCUT2D eigenvalue weighted by atomic mass is 10.2. The summed E-state index contributed by atoms with van der Waals surface area (Å²) in [5.74, 6) is 0.283. The van der Waals surface area contributed by atoms with Crippen molar-refractivity contribution in [3.63, 3.8) is 0 Å². The first-order valence-corrected chi connectivity index (χ1v) is 6.85. The van der Waals surface area contributed by atoms with Crippen LogP contribution in [0.5, 0.6) is 5.75 Å². The van der Waals surface area contributed by atoms with E-state index < -0.39 is 0 Å². The van der Waals surface area contributed by atoms with E-state index in [1.165, 1.54) is 6.07 Å². The van der Waals surface area contributed by atoms with Crippen LogP contribution in [0.1, 0.15) is 17.3 Å². The number of rotatable bonds is 4. The minimum atomic E-state index is -0.329. The maximum Gasteiger partial charge on any atom is 0.257 e. The summed E-state index contributed by atoms with van der Waals surface area (Å²) in [4.78, 5) is 12.2. The van der Waals surface area contributed by atoms with Crippen molar-refractivity contribution >= 4 is 34.8 Å². The molecule has 0 heterocycles. The zero-order valence-corrected chi connectivity index (χ0v) is 12.3.